The largest absolute Gasteiger partial charge is 0.497 e. The third kappa shape index (κ3) is 6.23. The maximum atomic E-state index is 13.0. The first-order valence-corrected chi connectivity index (χ1v) is 11.0. The summed E-state index contributed by atoms with van der Waals surface area (Å²) in [5, 5.41) is 0.438. The predicted octanol–water partition coefficient (Wildman–Crippen LogP) is 3.73. The van der Waals surface area contributed by atoms with E-state index < -0.39 is 11.9 Å². The van der Waals surface area contributed by atoms with E-state index in [1.807, 2.05) is 24.3 Å². The molecular formula is C24H24N2O6S. The van der Waals surface area contributed by atoms with Gasteiger partial charge >= 0.3 is 11.9 Å². The fourth-order valence-corrected chi connectivity index (χ4v) is 3.97. The molecule has 0 saturated carbocycles. The lowest BCUT2D eigenvalue weighted by atomic mass is 10.1. The highest BCUT2D eigenvalue weighted by molar-refractivity contribution is 8.18. The molecule has 0 spiro atoms. The number of aliphatic imine (C=N–C) groups is 1. The van der Waals surface area contributed by atoms with Crippen molar-refractivity contribution in [1.82, 2.24) is 4.90 Å². The van der Waals surface area contributed by atoms with Gasteiger partial charge < -0.3 is 14.2 Å². The molecule has 1 heterocycles. The van der Waals surface area contributed by atoms with Crippen molar-refractivity contribution in [3.05, 3.63) is 70.6 Å². The van der Waals surface area contributed by atoms with Gasteiger partial charge in [0.25, 0.3) is 5.91 Å². The minimum absolute atomic E-state index is 0.235. The van der Waals surface area contributed by atoms with Crippen molar-refractivity contribution < 1.29 is 28.6 Å². The number of ether oxygens (including phenoxy) is 3. The van der Waals surface area contributed by atoms with E-state index in [9.17, 15) is 14.4 Å². The molecule has 2 aromatic carbocycles. The maximum Gasteiger partial charge on any atom is 0.338 e. The SMILES string of the molecule is CCOC(=O)c1ccc(N=C2S/C(=C/C(=O)OC)C(=O)N2CCc2ccc(OC)cc2)cc1. The number of methoxy groups -OCH3 is 2. The topological polar surface area (TPSA) is 94.5 Å². The van der Waals surface area contributed by atoms with Crippen LogP contribution in [0.3, 0.4) is 0 Å². The summed E-state index contributed by atoms with van der Waals surface area (Å²) in [6, 6.07) is 14.2. The first-order chi connectivity index (χ1) is 15.9. The van der Waals surface area contributed by atoms with Gasteiger partial charge in [-0.15, -0.1) is 0 Å². The molecule has 1 amide bonds. The van der Waals surface area contributed by atoms with Gasteiger partial charge in [0.2, 0.25) is 0 Å². The second kappa shape index (κ2) is 11.3. The lowest BCUT2D eigenvalue weighted by Crippen LogP contribution is -2.31. The molecule has 9 heteroatoms. The number of benzene rings is 2. The van der Waals surface area contributed by atoms with E-state index in [-0.39, 0.29) is 10.8 Å². The summed E-state index contributed by atoms with van der Waals surface area (Å²) in [6.07, 6.45) is 1.75. The zero-order valence-electron chi connectivity index (χ0n) is 18.6. The Kier molecular flexibility index (Phi) is 8.26. The highest BCUT2D eigenvalue weighted by Crippen LogP contribution is 2.33. The zero-order chi connectivity index (χ0) is 23.8. The van der Waals surface area contributed by atoms with Crippen LogP contribution in [0.4, 0.5) is 5.69 Å². The van der Waals surface area contributed by atoms with Gasteiger partial charge in [0.1, 0.15) is 5.75 Å². The van der Waals surface area contributed by atoms with E-state index in [1.165, 1.54) is 18.1 Å². The summed E-state index contributed by atoms with van der Waals surface area (Å²) in [6.45, 7) is 2.41. The summed E-state index contributed by atoms with van der Waals surface area (Å²) in [5.74, 6) is -0.586. The molecule has 0 atom stereocenters. The Balaban J connectivity index is 1.83. The Morgan fingerprint density at radius 3 is 2.36 bits per heavy atom. The monoisotopic (exact) mass is 468 g/mol. The van der Waals surface area contributed by atoms with E-state index >= 15 is 0 Å². The van der Waals surface area contributed by atoms with Crippen LogP contribution in [-0.2, 0) is 25.5 Å². The molecule has 1 saturated heterocycles. The summed E-state index contributed by atoms with van der Waals surface area (Å²) < 4.78 is 14.8. The highest BCUT2D eigenvalue weighted by atomic mass is 32.2. The fraction of sp³-hybridized carbons (Fsp3) is 0.250. The Hall–Kier alpha value is -3.59. The Labute approximate surface area is 196 Å². The van der Waals surface area contributed by atoms with Crippen LogP contribution in [0.25, 0.3) is 0 Å². The first kappa shape index (κ1) is 24.1. The number of nitrogens with zero attached hydrogens (tertiary/aromatic N) is 2. The molecular weight excluding hydrogens is 444 g/mol. The van der Waals surface area contributed by atoms with Gasteiger partial charge in [0.05, 0.1) is 37.0 Å². The van der Waals surface area contributed by atoms with Gasteiger partial charge in [-0.1, -0.05) is 12.1 Å². The third-order valence-corrected chi connectivity index (χ3v) is 5.73. The smallest absolute Gasteiger partial charge is 0.338 e. The average Bonchev–Trinajstić information content (AvgIpc) is 3.12. The van der Waals surface area contributed by atoms with Crippen molar-refractivity contribution in [2.75, 3.05) is 27.4 Å². The van der Waals surface area contributed by atoms with Crippen LogP contribution in [0.5, 0.6) is 5.75 Å². The minimum atomic E-state index is -0.610. The molecule has 172 valence electrons. The first-order valence-electron chi connectivity index (χ1n) is 10.2. The number of esters is 2. The molecule has 0 aliphatic carbocycles. The zero-order valence-corrected chi connectivity index (χ0v) is 19.4. The van der Waals surface area contributed by atoms with E-state index in [4.69, 9.17) is 9.47 Å². The van der Waals surface area contributed by atoms with Crippen molar-refractivity contribution in [2.24, 2.45) is 4.99 Å². The van der Waals surface area contributed by atoms with Gasteiger partial charge in [-0.05, 0) is 67.1 Å². The normalized spacial score (nSPS) is 15.7. The van der Waals surface area contributed by atoms with Gasteiger partial charge in [0.15, 0.2) is 5.17 Å². The summed E-state index contributed by atoms with van der Waals surface area (Å²) in [4.78, 5) is 42.9. The molecule has 1 aliphatic rings. The number of amidine groups is 1. The van der Waals surface area contributed by atoms with Crippen LogP contribution in [0.15, 0.2) is 64.5 Å². The number of carbonyl (C=O) groups excluding carboxylic acids is 3. The minimum Gasteiger partial charge on any atom is -0.497 e. The molecule has 0 N–H and O–H groups in total. The average molecular weight is 469 g/mol. The van der Waals surface area contributed by atoms with Crippen LogP contribution in [-0.4, -0.2) is 55.3 Å². The second-order valence-electron chi connectivity index (χ2n) is 6.85. The summed E-state index contributed by atoms with van der Waals surface area (Å²) in [5.41, 5.74) is 2.00. The molecule has 3 rings (SSSR count). The molecule has 0 bridgehead atoms. The van der Waals surface area contributed by atoms with E-state index in [0.29, 0.717) is 36.0 Å². The fourth-order valence-electron chi connectivity index (χ4n) is 2.98. The van der Waals surface area contributed by atoms with Gasteiger partial charge in [-0.2, -0.15) is 0 Å². The standard InChI is InChI=1S/C24H24N2O6S/c1-4-32-23(29)17-7-9-18(10-8-17)25-24-26(22(28)20(33-24)15-21(27)31-3)14-13-16-5-11-19(30-2)12-6-16/h5-12,15H,4,13-14H2,1-3H3/b20-15+,25-24?. The van der Waals surface area contributed by atoms with Gasteiger partial charge in [-0.25, -0.2) is 14.6 Å². The maximum absolute atomic E-state index is 13.0. The van der Waals surface area contributed by atoms with Crippen molar-refractivity contribution in [3.63, 3.8) is 0 Å². The molecule has 0 aromatic heterocycles. The van der Waals surface area contributed by atoms with E-state index in [2.05, 4.69) is 9.73 Å². The van der Waals surface area contributed by atoms with E-state index in [0.717, 1.165) is 23.1 Å². The Bertz CT molecular complexity index is 1080. The van der Waals surface area contributed by atoms with Crippen LogP contribution < -0.4 is 4.74 Å². The van der Waals surface area contributed by atoms with E-state index in [1.54, 1.807) is 38.3 Å². The number of amides is 1. The number of rotatable bonds is 8. The molecule has 0 radical (unpaired) electrons. The van der Waals surface area contributed by atoms with Crippen LogP contribution in [0.2, 0.25) is 0 Å². The van der Waals surface area contributed by atoms with Crippen molar-refractivity contribution >= 4 is 40.5 Å². The number of carbonyl (C=O) groups is 3. The summed E-state index contributed by atoms with van der Waals surface area (Å²) >= 11 is 1.10. The Morgan fingerprint density at radius 1 is 1.06 bits per heavy atom. The highest BCUT2D eigenvalue weighted by Gasteiger charge is 2.34. The molecule has 1 fully saturated rings. The van der Waals surface area contributed by atoms with Crippen molar-refractivity contribution in [3.8, 4) is 5.75 Å². The third-order valence-electron chi connectivity index (χ3n) is 4.72. The number of hydrogen-bond donors (Lipinski definition) is 0. The lowest BCUT2D eigenvalue weighted by molar-refractivity contribution is -0.135. The second-order valence-corrected chi connectivity index (χ2v) is 7.86. The number of hydrogen-bond acceptors (Lipinski definition) is 8. The molecule has 1 aliphatic heterocycles. The molecule has 8 nitrogen and oxygen atoms in total. The quantitative estimate of drug-likeness (QED) is 0.430. The molecule has 0 unspecified atom stereocenters. The van der Waals surface area contributed by atoms with Crippen LogP contribution in [0.1, 0.15) is 22.8 Å². The van der Waals surface area contributed by atoms with Gasteiger partial charge in [-0.3, -0.25) is 9.69 Å². The summed E-state index contributed by atoms with van der Waals surface area (Å²) in [7, 11) is 2.86. The molecule has 33 heavy (non-hydrogen) atoms. The number of thioether (sulfide) groups is 1. The van der Waals surface area contributed by atoms with Crippen molar-refractivity contribution in [2.45, 2.75) is 13.3 Å². The van der Waals surface area contributed by atoms with Crippen LogP contribution in [0, 0.1) is 0 Å². The van der Waals surface area contributed by atoms with Crippen LogP contribution >= 0.6 is 11.8 Å². The van der Waals surface area contributed by atoms with Crippen molar-refractivity contribution in [1.29, 1.82) is 0 Å². The lowest BCUT2D eigenvalue weighted by Gasteiger charge is -2.15. The van der Waals surface area contributed by atoms with Gasteiger partial charge in [0, 0.05) is 12.6 Å². The predicted molar refractivity (Wildman–Crippen MR) is 126 cm³/mol. The molecule has 2 aromatic rings. The Morgan fingerprint density at radius 2 is 1.76 bits per heavy atom.